The number of imidazole rings is 1. The molecule has 1 saturated carbocycles. The van der Waals surface area contributed by atoms with Crippen molar-refractivity contribution >= 4 is 17.0 Å². The fourth-order valence-corrected chi connectivity index (χ4v) is 5.08. The van der Waals surface area contributed by atoms with Gasteiger partial charge in [-0.2, -0.15) is 5.26 Å². The number of hydrogen-bond acceptors (Lipinski definition) is 5. The van der Waals surface area contributed by atoms with E-state index in [1.807, 2.05) is 6.07 Å². The number of nitriles is 1. The summed E-state index contributed by atoms with van der Waals surface area (Å²) >= 11 is 0. The van der Waals surface area contributed by atoms with Crippen LogP contribution in [0.2, 0.25) is 0 Å². The number of fused-ring (bicyclic) bond motifs is 1. The first kappa shape index (κ1) is 28.9. The van der Waals surface area contributed by atoms with Gasteiger partial charge in [-0.3, -0.25) is 4.39 Å². The number of carboxylic acid groups (broad SMARTS) is 1. The molecule has 7 nitrogen and oxygen atoms in total. The summed E-state index contributed by atoms with van der Waals surface area (Å²) < 4.78 is 66.3. The van der Waals surface area contributed by atoms with E-state index in [0.717, 1.165) is 18.2 Å². The maximum Gasteiger partial charge on any atom is 0.335 e. The van der Waals surface area contributed by atoms with Gasteiger partial charge in [-0.25, -0.2) is 27.9 Å². The summed E-state index contributed by atoms with van der Waals surface area (Å²) in [5, 5.41) is 18.4. The van der Waals surface area contributed by atoms with Gasteiger partial charge in [-0.05, 0) is 66.9 Å². The van der Waals surface area contributed by atoms with E-state index in [2.05, 4.69) is 9.97 Å². The van der Waals surface area contributed by atoms with Crippen molar-refractivity contribution in [2.24, 2.45) is 5.41 Å². The van der Waals surface area contributed by atoms with Gasteiger partial charge in [0.05, 0.1) is 40.6 Å². The number of carboxylic acids is 1. The van der Waals surface area contributed by atoms with E-state index in [9.17, 15) is 18.7 Å². The molecule has 6 rings (SSSR count). The molecule has 44 heavy (non-hydrogen) atoms. The number of alkyl halides is 1. The van der Waals surface area contributed by atoms with Crippen molar-refractivity contribution in [2.45, 2.75) is 32.4 Å². The van der Waals surface area contributed by atoms with Crippen molar-refractivity contribution in [1.29, 1.82) is 5.26 Å². The summed E-state index contributed by atoms with van der Waals surface area (Å²) in [6, 6.07) is 16.8. The molecule has 2 heterocycles. The van der Waals surface area contributed by atoms with Gasteiger partial charge in [0.15, 0.2) is 0 Å². The fraction of sp³-hybridized carbons (Fsp3) is 0.212. The van der Waals surface area contributed by atoms with Crippen molar-refractivity contribution in [3.05, 3.63) is 112 Å². The van der Waals surface area contributed by atoms with Crippen molar-refractivity contribution in [3.63, 3.8) is 0 Å². The molecule has 0 amide bonds. The molecular formula is C33H24F4N4O3. The molecule has 1 aliphatic rings. The van der Waals surface area contributed by atoms with Crippen LogP contribution < -0.4 is 4.74 Å². The molecule has 0 atom stereocenters. The molecule has 0 radical (unpaired) electrons. The quantitative estimate of drug-likeness (QED) is 0.173. The van der Waals surface area contributed by atoms with Gasteiger partial charge in [0.1, 0.15) is 29.9 Å². The largest absolute Gasteiger partial charge is 0.478 e. The first-order valence-electron chi connectivity index (χ1n) is 13.7. The molecule has 5 aromatic rings. The van der Waals surface area contributed by atoms with Crippen LogP contribution in [0.5, 0.6) is 5.88 Å². The van der Waals surface area contributed by atoms with Gasteiger partial charge < -0.3 is 14.4 Å². The van der Waals surface area contributed by atoms with Gasteiger partial charge in [0.25, 0.3) is 0 Å². The number of hydrogen-bond donors (Lipinski definition) is 1. The predicted octanol–water partition coefficient (Wildman–Crippen LogP) is 7.00. The normalized spacial score (nSPS) is 13.5. The Hall–Kier alpha value is -5.24. The van der Waals surface area contributed by atoms with Gasteiger partial charge in [0, 0.05) is 35.6 Å². The van der Waals surface area contributed by atoms with Gasteiger partial charge in [-0.1, -0.05) is 12.1 Å². The van der Waals surface area contributed by atoms with Crippen LogP contribution in [-0.2, 0) is 19.6 Å². The third-order valence-electron chi connectivity index (χ3n) is 7.85. The van der Waals surface area contributed by atoms with Crippen LogP contribution in [0.1, 0.15) is 45.7 Å². The van der Waals surface area contributed by atoms with Crippen molar-refractivity contribution < 1.29 is 32.2 Å². The molecule has 0 saturated heterocycles. The smallest absolute Gasteiger partial charge is 0.335 e. The van der Waals surface area contributed by atoms with Crippen molar-refractivity contribution in [1.82, 2.24) is 14.5 Å². The van der Waals surface area contributed by atoms with Crippen LogP contribution in [-0.4, -0.2) is 32.3 Å². The number of aromatic carboxylic acids is 1. The number of nitrogens with zero attached hydrogens (tertiary/aromatic N) is 4. The number of halogens is 4. The minimum Gasteiger partial charge on any atom is -0.478 e. The molecule has 2 aromatic heterocycles. The lowest BCUT2D eigenvalue weighted by atomic mass is 10.0. The molecule has 3 aromatic carbocycles. The van der Waals surface area contributed by atoms with Crippen LogP contribution in [0.25, 0.3) is 22.3 Å². The zero-order valence-electron chi connectivity index (χ0n) is 23.2. The van der Waals surface area contributed by atoms with E-state index in [4.69, 9.17) is 10.00 Å². The number of carbonyl (C=O) groups is 1. The van der Waals surface area contributed by atoms with Crippen LogP contribution >= 0.6 is 0 Å². The topological polar surface area (TPSA) is 101 Å². The second-order valence-corrected chi connectivity index (χ2v) is 10.9. The molecule has 0 bridgehead atoms. The molecule has 0 spiro atoms. The zero-order chi connectivity index (χ0) is 31.0. The predicted molar refractivity (Wildman–Crippen MR) is 152 cm³/mol. The highest BCUT2D eigenvalue weighted by Crippen LogP contribution is 2.48. The Balaban J connectivity index is 1.27. The summed E-state index contributed by atoms with van der Waals surface area (Å²) in [5.41, 5.74) is 0.768. The maximum absolute atomic E-state index is 15.5. The van der Waals surface area contributed by atoms with E-state index in [0.29, 0.717) is 29.7 Å². The second-order valence-electron chi connectivity index (χ2n) is 10.9. The van der Waals surface area contributed by atoms with Crippen LogP contribution in [0.3, 0.4) is 0 Å². The Morgan fingerprint density at radius 1 is 0.977 bits per heavy atom. The van der Waals surface area contributed by atoms with Crippen LogP contribution in [0.4, 0.5) is 17.6 Å². The Morgan fingerprint density at radius 3 is 2.48 bits per heavy atom. The van der Waals surface area contributed by atoms with Gasteiger partial charge in [-0.15, -0.1) is 0 Å². The molecule has 1 aliphatic carbocycles. The Labute approximate surface area is 249 Å². The third kappa shape index (κ3) is 5.71. The van der Waals surface area contributed by atoms with E-state index in [1.165, 1.54) is 36.4 Å². The van der Waals surface area contributed by atoms with E-state index >= 15 is 8.78 Å². The molecule has 0 unspecified atom stereocenters. The summed E-state index contributed by atoms with van der Waals surface area (Å²) in [6.07, 6.45) is 1.21. The number of benzene rings is 3. The summed E-state index contributed by atoms with van der Waals surface area (Å²) in [7, 11) is 0. The van der Waals surface area contributed by atoms with E-state index in [1.54, 1.807) is 16.7 Å². The zero-order valence-corrected chi connectivity index (χ0v) is 23.2. The van der Waals surface area contributed by atoms with Gasteiger partial charge >= 0.3 is 5.97 Å². The number of rotatable bonds is 10. The maximum atomic E-state index is 15.5. The van der Waals surface area contributed by atoms with Crippen LogP contribution in [0.15, 0.2) is 66.7 Å². The average molecular weight is 601 g/mol. The lowest BCUT2D eigenvalue weighted by Crippen LogP contribution is -2.16. The minimum absolute atomic E-state index is 0.00931. The highest BCUT2D eigenvalue weighted by Gasteiger charge is 2.44. The van der Waals surface area contributed by atoms with Gasteiger partial charge in [0.2, 0.25) is 5.88 Å². The molecule has 222 valence electrons. The first-order chi connectivity index (χ1) is 21.2. The SMILES string of the molecule is N#Cc1ccc(COc2cccc(-c3cc(F)c(Cc4nc5ccc(C(=O)O)cc5n4CC4(CF)CC4)cc3F)n2)c(F)c1. The number of aromatic nitrogens is 3. The Kier molecular flexibility index (Phi) is 7.51. The van der Waals surface area contributed by atoms with Crippen LogP contribution in [0, 0.1) is 34.2 Å². The van der Waals surface area contributed by atoms with Crippen molar-refractivity contribution in [2.75, 3.05) is 6.67 Å². The summed E-state index contributed by atoms with van der Waals surface area (Å²) in [6.45, 7) is -0.507. The highest BCUT2D eigenvalue weighted by atomic mass is 19.1. The third-order valence-corrected chi connectivity index (χ3v) is 7.85. The molecule has 1 N–H and O–H groups in total. The monoisotopic (exact) mass is 600 g/mol. The van der Waals surface area contributed by atoms with E-state index < -0.39 is 35.5 Å². The minimum atomic E-state index is -1.12. The Bertz CT molecular complexity index is 1960. The molecule has 0 aliphatic heterocycles. The van der Waals surface area contributed by atoms with Crippen molar-refractivity contribution in [3.8, 4) is 23.2 Å². The molecular weight excluding hydrogens is 576 g/mol. The second kappa shape index (κ2) is 11.4. The summed E-state index contributed by atoms with van der Waals surface area (Å²) in [5.74, 6) is -2.78. The Morgan fingerprint density at radius 2 is 1.77 bits per heavy atom. The highest BCUT2D eigenvalue weighted by molar-refractivity contribution is 5.92. The number of pyridine rings is 1. The lowest BCUT2D eigenvalue weighted by molar-refractivity contribution is 0.0697. The molecule has 11 heteroatoms. The number of ether oxygens (including phenoxy) is 1. The fourth-order valence-electron chi connectivity index (χ4n) is 5.08. The lowest BCUT2D eigenvalue weighted by Gasteiger charge is -2.16. The average Bonchev–Trinajstić information content (AvgIpc) is 3.73. The summed E-state index contributed by atoms with van der Waals surface area (Å²) in [4.78, 5) is 20.4. The molecule has 1 fully saturated rings. The standard InChI is InChI=1S/C33H24F4N4O3/c34-17-33(8-9-33)18-41-29-12-20(32(42)43)6-7-28(29)39-30(41)13-22-11-26(37)23(14-25(22)36)27-2-1-3-31(40-27)44-16-21-5-4-19(15-38)10-24(21)35/h1-7,10-12,14H,8-9,13,16-18H2,(H,42,43). The first-order valence-corrected chi connectivity index (χ1v) is 13.7. The van der Waals surface area contributed by atoms with E-state index in [-0.39, 0.29) is 59.0 Å².